The van der Waals surface area contributed by atoms with E-state index < -0.39 is 0 Å². The van der Waals surface area contributed by atoms with Crippen molar-refractivity contribution in [3.8, 4) is 5.88 Å². The normalized spacial score (nSPS) is 16.1. The molecule has 2 aromatic rings. The number of anilines is 1. The zero-order valence-electron chi connectivity index (χ0n) is 14.1. The van der Waals surface area contributed by atoms with Crippen LogP contribution < -0.4 is 15.6 Å². The van der Waals surface area contributed by atoms with E-state index in [-0.39, 0.29) is 5.56 Å². The Bertz CT molecular complexity index is 738. The van der Waals surface area contributed by atoms with Crippen molar-refractivity contribution in [3.63, 3.8) is 0 Å². The molecule has 7 heteroatoms. The molecule has 0 radical (unpaired) electrons. The van der Waals surface area contributed by atoms with Crippen LogP contribution in [0.4, 0.5) is 5.82 Å². The molecule has 1 saturated heterocycles. The van der Waals surface area contributed by atoms with Gasteiger partial charge in [-0.25, -0.2) is 9.97 Å². The Morgan fingerprint density at radius 3 is 2.79 bits per heavy atom. The molecule has 1 fully saturated rings. The van der Waals surface area contributed by atoms with E-state index in [9.17, 15) is 4.79 Å². The first-order valence-corrected chi connectivity index (χ1v) is 8.14. The minimum atomic E-state index is 0.0433. The molecule has 0 bridgehead atoms. The van der Waals surface area contributed by atoms with Gasteiger partial charge in [-0.3, -0.25) is 9.69 Å². The van der Waals surface area contributed by atoms with Gasteiger partial charge in [0.05, 0.1) is 7.11 Å². The van der Waals surface area contributed by atoms with Gasteiger partial charge in [-0.15, -0.1) is 0 Å². The summed E-state index contributed by atoms with van der Waals surface area (Å²) in [6.45, 7) is 2.81. The fourth-order valence-electron chi connectivity index (χ4n) is 2.92. The van der Waals surface area contributed by atoms with E-state index in [1.54, 1.807) is 24.8 Å². The minimum absolute atomic E-state index is 0.0433. The molecule has 0 amide bonds. The lowest BCUT2D eigenvalue weighted by atomic mass is 10.0. The molecular weight excluding hydrogens is 306 g/mol. The fraction of sp³-hybridized carbons (Fsp3) is 0.471. The molecule has 0 atom stereocenters. The average molecular weight is 329 g/mol. The monoisotopic (exact) mass is 329 g/mol. The molecule has 3 rings (SSSR count). The van der Waals surface area contributed by atoms with E-state index in [2.05, 4.69) is 20.2 Å². The number of methoxy groups -OCH3 is 1. The summed E-state index contributed by atoms with van der Waals surface area (Å²) in [5, 5.41) is 3.45. The highest BCUT2D eigenvalue weighted by Crippen LogP contribution is 2.18. The van der Waals surface area contributed by atoms with E-state index in [0.717, 1.165) is 43.9 Å². The van der Waals surface area contributed by atoms with Crippen LogP contribution >= 0.6 is 0 Å². The van der Waals surface area contributed by atoms with Crippen LogP contribution in [-0.4, -0.2) is 45.7 Å². The summed E-state index contributed by atoms with van der Waals surface area (Å²) in [6, 6.07) is 5.94. The molecule has 0 aromatic carbocycles. The number of pyridine rings is 1. The Labute approximate surface area is 141 Å². The first-order chi connectivity index (χ1) is 11.6. The molecule has 1 N–H and O–H groups in total. The van der Waals surface area contributed by atoms with Crippen LogP contribution in [-0.2, 0) is 13.6 Å². The molecule has 0 saturated carbocycles. The summed E-state index contributed by atoms with van der Waals surface area (Å²) in [6.07, 6.45) is 5.41. The molecule has 0 unspecified atom stereocenters. The third kappa shape index (κ3) is 4.11. The van der Waals surface area contributed by atoms with Gasteiger partial charge in [0.2, 0.25) is 5.88 Å². The third-order valence-electron chi connectivity index (χ3n) is 4.37. The van der Waals surface area contributed by atoms with Gasteiger partial charge in [-0.1, -0.05) is 0 Å². The number of aromatic nitrogens is 3. The smallest absolute Gasteiger partial charge is 0.250 e. The number of hydrogen-bond acceptors (Lipinski definition) is 6. The first kappa shape index (κ1) is 16.4. The van der Waals surface area contributed by atoms with Crippen molar-refractivity contribution in [1.82, 2.24) is 19.4 Å². The van der Waals surface area contributed by atoms with Crippen LogP contribution in [0.15, 0.2) is 35.5 Å². The Morgan fingerprint density at radius 1 is 1.29 bits per heavy atom. The molecular formula is C17H23N5O2. The molecule has 1 aliphatic rings. The van der Waals surface area contributed by atoms with Crippen molar-refractivity contribution in [2.45, 2.75) is 25.4 Å². The summed E-state index contributed by atoms with van der Waals surface area (Å²) >= 11 is 0. The second-order valence-corrected chi connectivity index (χ2v) is 6.12. The van der Waals surface area contributed by atoms with Crippen molar-refractivity contribution in [3.05, 3.63) is 46.6 Å². The van der Waals surface area contributed by atoms with Crippen molar-refractivity contribution < 1.29 is 4.74 Å². The maximum Gasteiger partial charge on any atom is 0.250 e. The van der Waals surface area contributed by atoms with Crippen LogP contribution in [0.3, 0.4) is 0 Å². The van der Waals surface area contributed by atoms with Crippen molar-refractivity contribution in [2.24, 2.45) is 7.05 Å². The van der Waals surface area contributed by atoms with Crippen molar-refractivity contribution >= 4 is 5.82 Å². The summed E-state index contributed by atoms with van der Waals surface area (Å²) in [5.74, 6) is 1.36. The third-order valence-corrected chi connectivity index (χ3v) is 4.37. The number of nitrogens with zero attached hydrogens (tertiary/aromatic N) is 4. The zero-order chi connectivity index (χ0) is 16.9. The fourth-order valence-corrected chi connectivity index (χ4v) is 2.92. The second-order valence-electron chi connectivity index (χ2n) is 6.12. The van der Waals surface area contributed by atoms with Gasteiger partial charge >= 0.3 is 0 Å². The molecule has 128 valence electrons. The lowest BCUT2D eigenvalue weighted by molar-refractivity contribution is 0.211. The molecule has 7 nitrogen and oxygen atoms in total. The molecule has 24 heavy (non-hydrogen) atoms. The summed E-state index contributed by atoms with van der Waals surface area (Å²) in [7, 11) is 3.37. The molecule has 1 aliphatic heterocycles. The molecule has 2 aromatic heterocycles. The number of hydrogen-bond donors (Lipinski definition) is 1. The molecule has 0 spiro atoms. The average Bonchev–Trinajstić information content (AvgIpc) is 2.60. The Balaban J connectivity index is 1.51. The van der Waals surface area contributed by atoms with Crippen LogP contribution in [0.2, 0.25) is 0 Å². The largest absolute Gasteiger partial charge is 0.481 e. The minimum Gasteiger partial charge on any atom is -0.481 e. The summed E-state index contributed by atoms with van der Waals surface area (Å²) in [5.41, 5.74) is 1.12. The van der Waals surface area contributed by atoms with Gasteiger partial charge < -0.3 is 14.6 Å². The number of ether oxygens (including phenoxy) is 1. The highest BCUT2D eigenvalue weighted by atomic mass is 16.5. The number of piperidine rings is 1. The highest BCUT2D eigenvalue weighted by Gasteiger charge is 2.19. The number of rotatable bonds is 5. The maximum absolute atomic E-state index is 11.7. The van der Waals surface area contributed by atoms with E-state index in [4.69, 9.17) is 4.74 Å². The summed E-state index contributed by atoms with van der Waals surface area (Å²) in [4.78, 5) is 22.3. The molecule has 3 heterocycles. The van der Waals surface area contributed by atoms with Gasteiger partial charge in [0.25, 0.3) is 5.56 Å². The lowest BCUT2D eigenvalue weighted by Crippen LogP contribution is -2.39. The van der Waals surface area contributed by atoms with Gasteiger partial charge in [-0.05, 0) is 24.5 Å². The Kier molecular flexibility index (Phi) is 5.10. The van der Waals surface area contributed by atoms with Crippen molar-refractivity contribution in [2.75, 3.05) is 25.5 Å². The maximum atomic E-state index is 11.7. The highest BCUT2D eigenvalue weighted by molar-refractivity contribution is 5.38. The summed E-state index contributed by atoms with van der Waals surface area (Å²) < 4.78 is 6.71. The Morgan fingerprint density at radius 2 is 2.08 bits per heavy atom. The zero-order valence-corrected chi connectivity index (χ0v) is 14.1. The van der Waals surface area contributed by atoms with Crippen molar-refractivity contribution in [1.29, 1.82) is 0 Å². The van der Waals surface area contributed by atoms with Gasteiger partial charge in [0.1, 0.15) is 12.1 Å². The predicted octanol–water partition coefficient (Wildman–Crippen LogP) is 1.26. The standard InChI is InChI=1S/C17H23N5O2/c1-21-6-3-13(9-17(21)23)11-22-7-4-14(5-8-22)20-15-10-16(24-2)19-12-18-15/h3,6,9-10,12,14H,4-5,7-8,11H2,1-2H3,(H,18,19,20). The van der Waals surface area contributed by atoms with E-state index in [1.807, 2.05) is 18.3 Å². The van der Waals surface area contributed by atoms with Crippen LogP contribution in [0.1, 0.15) is 18.4 Å². The topological polar surface area (TPSA) is 72.3 Å². The van der Waals surface area contributed by atoms with E-state index >= 15 is 0 Å². The number of aryl methyl sites for hydroxylation is 1. The number of likely N-dealkylation sites (tertiary alicyclic amines) is 1. The predicted molar refractivity (Wildman–Crippen MR) is 92.2 cm³/mol. The SMILES string of the molecule is COc1cc(NC2CCN(Cc3ccn(C)c(=O)c3)CC2)ncn1. The second kappa shape index (κ2) is 7.44. The Hall–Kier alpha value is -2.41. The van der Waals surface area contributed by atoms with Crippen LogP contribution in [0, 0.1) is 0 Å². The van der Waals surface area contributed by atoms with Gasteiger partial charge in [-0.2, -0.15) is 0 Å². The molecule has 0 aliphatic carbocycles. The number of nitrogens with one attached hydrogen (secondary N) is 1. The van der Waals surface area contributed by atoms with Crippen LogP contribution in [0.25, 0.3) is 0 Å². The van der Waals surface area contributed by atoms with E-state index in [1.165, 1.54) is 6.33 Å². The van der Waals surface area contributed by atoms with Gasteiger partial charge in [0, 0.05) is 51.1 Å². The van der Waals surface area contributed by atoms with E-state index in [0.29, 0.717) is 11.9 Å². The quantitative estimate of drug-likeness (QED) is 0.890. The van der Waals surface area contributed by atoms with Gasteiger partial charge in [0.15, 0.2) is 0 Å². The van der Waals surface area contributed by atoms with Crippen LogP contribution in [0.5, 0.6) is 5.88 Å². The lowest BCUT2D eigenvalue weighted by Gasteiger charge is -2.32. The first-order valence-electron chi connectivity index (χ1n) is 8.14.